The molecule has 0 radical (unpaired) electrons. The lowest BCUT2D eigenvalue weighted by molar-refractivity contribution is -0.137. The molecule has 2 aromatic carbocycles. The zero-order chi connectivity index (χ0) is 26.3. The van der Waals surface area contributed by atoms with E-state index in [2.05, 4.69) is 16.7 Å². The number of aryl methyl sites for hydroxylation is 1. The number of alkyl carbamates (subject to hydrolysis) is 1. The molecular formula is C25H28ClN3O6. The van der Waals surface area contributed by atoms with Crippen molar-refractivity contribution >= 4 is 35.2 Å². The Morgan fingerprint density at radius 3 is 2.37 bits per heavy atom. The van der Waals surface area contributed by atoms with Gasteiger partial charge in [0.1, 0.15) is 17.4 Å². The molecule has 2 aromatic rings. The number of hydrogen-bond acceptors (Lipinski definition) is 6. The normalized spacial score (nSPS) is 12.6. The second kappa shape index (κ2) is 11.6. The van der Waals surface area contributed by atoms with E-state index in [1.807, 2.05) is 0 Å². The summed E-state index contributed by atoms with van der Waals surface area (Å²) < 4.78 is 5.13. The maximum Gasteiger partial charge on any atom is 0.408 e. The van der Waals surface area contributed by atoms with Crippen molar-refractivity contribution in [2.45, 2.75) is 45.4 Å². The second-order valence-corrected chi connectivity index (χ2v) is 9.01. The van der Waals surface area contributed by atoms with Crippen LogP contribution in [0.3, 0.4) is 0 Å². The number of aliphatic hydroxyl groups is 1. The van der Waals surface area contributed by atoms with Gasteiger partial charge in [-0.1, -0.05) is 48.4 Å². The number of ether oxygens (including phenoxy) is 1. The number of amides is 3. The standard InChI is InChI=1S/C25H28ClN3O6/c1-6-29(23(33)18(14-30)27-24(34)35-25(3,4)5)21(16-11-7-8-13-19(16)31)22(32)28-20-15(2)10-9-12-17(20)26/h1,7-13,18,21,30-31H,14H2,2-5H3,(H,27,34)(H,28,32). The number of aliphatic hydroxyl groups excluding tert-OH is 1. The number of rotatable bonds is 7. The molecule has 186 valence electrons. The number of carbonyl (C=O) groups is 3. The van der Waals surface area contributed by atoms with E-state index in [4.69, 9.17) is 22.8 Å². The minimum Gasteiger partial charge on any atom is -0.508 e. The van der Waals surface area contributed by atoms with Gasteiger partial charge in [-0.15, -0.1) is 0 Å². The fourth-order valence-corrected chi connectivity index (χ4v) is 3.44. The third kappa shape index (κ3) is 7.12. The van der Waals surface area contributed by atoms with Crippen LogP contribution in [0.5, 0.6) is 5.75 Å². The summed E-state index contributed by atoms with van der Waals surface area (Å²) in [5.41, 5.74) is 0.120. The number of nitrogens with zero attached hydrogens (tertiary/aromatic N) is 1. The Balaban J connectivity index is 2.46. The topological polar surface area (TPSA) is 128 Å². The van der Waals surface area contributed by atoms with Gasteiger partial charge in [-0.25, -0.2) is 4.79 Å². The summed E-state index contributed by atoms with van der Waals surface area (Å²) in [5.74, 6) is -2.04. The molecule has 2 unspecified atom stereocenters. The molecule has 35 heavy (non-hydrogen) atoms. The monoisotopic (exact) mass is 501 g/mol. The van der Waals surface area contributed by atoms with Gasteiger partial charge < -0.3 is 25.6 Å². The van der Waals surface area contributed by atoms with Crippen molar-refractivity contribution < 1.29 is 29.3 Å². The number of anilines is 1. The summed E-state index contributed by atoms with van der Waals surface area (Å²) in [6.45, 7) is 5.80. The maximum atomic E-state index is 13.5. The van der Waals surface area contributed by atoms with Gasteiger partial charge in [-0.2, -0.15) is 0 Å². The van der Waals surface area contributed by atoms with E-state index in [1.54, 1.807) is 52.0 Å². The summed E-state index contributed by atoms with van der Waals surface area (Å²) in [5, 5.41) is 25.4. The first-order valence-electron chi connectivity index (χ1n) is 10.6. The van der Waals surface area contributed by atoms with Crippen molar-refractivity contribution in [3.8, 4) is 18.2 Å². The van der Waals surface area contributed by atoms with E-state index >= 15 is 0 Å². The van der Waals surface area contributed by atoms with Crippen molar-refractivity contribution in [2.24, 2.45) is 0 Å². The van der Waals surface area contributed by atoms with Crippen molar-refractivity contribution in [2.75, 3.05) is 11.9 Å². The first kappa shape index (κ1) is 27.5. The molecule has 3 amide bonds. The molecule has 0 aliphatic carbocycles. The van der Waals surface area contributed by atoms with Crippen molar-refractivity contribution in [1.82, 2.24) is 10.2 Å². The molecule has 9 nitrogen and oxygen atoms in total. The van der Waals surface area contributed by atoms with Crippen molar-refractivity contribution in [3.63, 3.8) is 0 Å². The minimum absolute atomic E-state index is 0.0231. The molecule has 4 N–H and O–H groups in total. The second-order valence-electron chi connectivity index (χ2n) is 8.60. The molecule has 0 heterocycles. The van der Waals surface area contributed by atoms with Gasteiger partial charge in [0.15, 0.2) is 6.04 Å². The summed E-state index contributed by atoms with van der Waals surface area (Å²) in [7, 11) is 0. The number of hydrogen-bond donors (Lipinski definition) is 4. The summed E-state index contributed by atoms with van der Waals surface area (Å²) >= 11 is 6.24. The van der Waals surface area contributed by atoms with Gasteiger partial charge in [-0.05, 0) is 45.4 Å². The smallest absolute Gasteiger partial charge is 0.408 e. The first-order valence-corrected chi connectivity index (χ1v) is 11.0. The number of halogens is 1. The van der Waals surface area contributed by atoms with Crippen LogP contribution in [0.15, 0.2) is 42.5 Å². The number of carbonyl (C=O) groups excluding carboxylic acids is 3. The number of phenols is 1. The van der Waals surface area contributed by atoms with Gasteiger partial charge >= 0.3 is 6.09 Å². The highest BCUT2D eigenvalue weighted by Crippen LogP contribution is 2.32. The number of terminal acetylenes is 1. The Labute approximate surface area is 209 Å². The Kier molecular flexibility index (Phi) is 9.12. The average molecular weight is 502 g/mol. The molecule has 2 atom stereocenters. The van der Waals surface area contributed by atoms with Crippen LogP contribution < -0.4 is 10.6 Å². The van der Waals surface area contributed by atoms with Crippen LogP contribution in [0, 0.1) is 19.4 Å². The van der Waals surface area contributed by atoms with Crippen LogP contribution >= 0.6 is 11.6 Å². The van der Waals surface area contributed by atoms with Gasteiger partial charge in [0, 0.05) is 11.6 Å². The van der Waals surface area contributed by atoms with Crippen LogP contribution in [0.1, 0.15) is 37.9 Å². The third-order valence-electron chi connectivity index (χ3n) is 4.76. The molecule has 10 heteroatoms. The van der Waals surface area contributed by atoms with E-state index in [0.29, 0.717) is 16.2 Å². The molecule has 0 saturated heterocycles. The molecule has 0 aromatic heterocycles. The van der Waals surface area contributed by atoms with Crippen molar-refractivity contribution in [1.29, 1.82) is 0 Å². The lowest BCUT2D eigenvalue weighted by Gasteiger charge is -2.30. The maximum absolute atomic E-state index is 13.5. The van der Waals surface area contributed by atoms with Crippen LogP contribution in [-0.4, -0.2) is 51.3 Å². The predicted molar refractivity (Wildman–Crippen MR) is 132 cm³/mol. The highest BCUT2D eigenvalue weighted by atomic mass is 35.5. The van der Waals surface area contributed by atoms with Gasteiger partial charge in [0.25, 0.3) is 11.8 Å². The van der Waals surface area contributed by atoms with E-state index < -0.39 is 42.2 Å². The van der Waals surface area contributed by atoms with Gasteiger partial charge in [0.2, 0.25) is 0 Å². The number of aromatic hydroxyl groups is 1. The van der Waals surface area contributed by atoms with Gasteiger partial charge in [0.05, 0.1) is 17.3 Å². The predicted octanol–water partition coefficient (Wildman–Crippen LogP) is 3.34. The van der Waals surface area contributed by atoms with E-state index in [-0.39, 0.29) is 16.3 Å². The van der Waals surface area contributed by atoms with E-state index in [0.717, 1.165) is 0 Å². The highest BCUT2D eigenvalue weighted by molar-refractivity contribution is 6.34. The Bertz CT molecular complexity index is 1120. The summed E-state index contributed by atoms with van der Waals surface area (Å²) in [6, 6.07) is 9.94. The highest BCUT2D eigenvalue weighted by Gasteiger charge is 2.37. The lowest BCUT2D eigenvalue weighted by atomic mass is 10.0. The zero-order valence-electron chi connectivity index (χ0n) is 19.8. The van der Waals surface area contributed by atoms with Crippen LogP contribution in [0.25, 0.3) is 0 Å². The lowest BCUT2D eigenvalue weighted by Crippen LogP contribution is -2.52. The molecule has 0 saturated carbocycles. The van der Waals surface area contributed by atoms with E-state index in [1.165, 1.54) is 18.2 Å². The van der Waals surface area contributed by atoms with Crippen LogP contribution in [-0.2, 0) is 14.3 Å². The van der Waals surface area contributed by atoms with E-state index in [9.17, 15) is 24.6 Å². The molecule has 0 aliphatic rings. The summed E-state index contributed by atoms with van der Waals surface area (Å²) in [6.07, 6.45) is 4.66. The van der Waals surface area contributed by atoms with Crippen LogP contribution in [0.4, 0.5) is 10.5 Å². The van der Waals surface area contributed by atoms with Crippen molar-refractivity contribution in [3.05, 3.63) is 58.6 Å². The third-order valence-corrected chi connectivity index (χ3v) is 5.07. The quantitative estimate of drug-likeness (QED) is 0.340. The molecular weight excluding hydrogens is 474 g/mol. The molecule has 0 fully saturated rings. The largest absolute Gasteiger partial charge is 0.508 e. The average Bonchev–Trinajstić information content (AvgIpc) is 2.77. The Morgan fingerprint density at radius 1 is 1.17 bits per heavy atom. The minimum atomic E-state index is -1.53. The first-order chi connectivity index (χ1) is 16.4. The molecule has 0 aliphatic heterocycles. The Morgan fingerprint density at radius 2 is 1.83 bits per heavy atom. The number of benzene rings is 2. The SMILES string of the molecule is C#CN(C(=O)C(CO)NC(=O)OC(C)(C)C)C(C(=O)Nc1c(C)cccc1Cl)c1ccccc1O. The van der Waals surface area contributed by atoms with Gasteiger partial charge in [-0.3, -0.25) is 14.5 Å². The van der Waals surface area contributed by atoms with Crippen LogP contribution in [0.2, 0.25) is 5.02 Å². The number of nitrogens with one attached hydrogen (secondary N) is 2. The number of phenolic OH excluding ortho intramolecular Hbond substituents is 1. The molecule has 0 bridgehead atoms. The molecule has 2 rings (SSSR count). The Hall–Kier alpha value is -3.74. The number of para-hydroxylation sites is 2. The molecule has 0 spiro atoms. The summed E-state index contributed by atoms with van der Waals surface area (Å²) in [4.78, 5) is 39.6. The zero-order valence-corrected chi connectivity index (χ0v) is 20.6. The fourth-order valence-electron chi connectivity index (χ4n) is 3.17. The fraction of sp³-hybridized carbons (Fsp3) is 0.320.